The molecule has 0 aromatic carbocycles. The molecule has 1 saturated carbocycles. The molecule has 1 amide bonds. The Morgan fingerprint density at radius 2 is 1.97 bits per heavy atom. The van der Waals surface area contributed by atoms with Crippen LogP contribution in [0, 0.1) is 5.92 Å². The van der Waals surface area contributed by atoms with Crippen LogP contribution in [0.25, 0.3) is 16.6 Å². The van der Waals surface area contributed by atoms with Crippen LogP contribution in [-0.2, 0) is 0 Å². The highest BCUT2D eigenvalue weighted by molar-refractivity contribution is 6.16. The molecule has 0 unspecified atom stereocenters. The van der Waals surface area contributed by atoms with Crippen molar-refractivity contribution in [3.8, 4) is 0 Å². The number of carbonyl (C=O) groups is 1. The van der Waals surface area contributed by atoms with Crippen molar-refractivity contribution >= 4 is 28.3 Å². The van der Waals surface area contributed by atoms with Gasteiger partial charge in [-0.2, -0.15) is 0 Å². The first-order valence-corrected chi connectivity index (χ1v) is 10.6. The second-order valence-corrected chi connectivity index (χ2v) is 8.56. The number of rotatable bonds is 5. The fraction of sp³-hybridized carbons (Fsp3) is 0.500. The first-order valence-electron chi connectivity index (χ1n) is 10.6. The van der Waals surface area contributed by atoms with Crippen LogP contribution in [0.15, 0.2) is 30.7 Å². The van der Waals surface area contributed by atoms with Gasteiger partial charge < -0.3 is 19.5 Å². The lowest BCUT2D eigenvalue weighted by atomic mass is 10.0. The molecule has 3 aromatic rings. The number of carbonyl (C=O) groups excluding carboxylic acids is 1. The monoisotopic (exact) mass is 392 g/mol. The van der Waals surface area contributed by atoms with E-state index < -0.39 is 0 Å². The molecule has 7 heteroatoms. The van der Waals surface area contributed by atoms with Crippen molar-refractivity contribution in [3.05, 3.63) is 36.3 Å². The zero-order valence-electron chi connectivity index (χ0n) is 17.1. The summed E-state index contributed by atoms with van der Waals surface area (Å²) < 4.78 is 2.01. The molecule has 3 aromatic heterocycles. The fourth-order valence-electron chi connectivity index (χ4n) is 4.41. The van der Waals surface area contributed by atoms with Gasteiger partial charge in [0.15, 0.2) is 5.65 Å². The summed E-state index contributed by atoms with van der Waals surface area (Å²) in [4.78, 5) is 27.0. The van der Waals surface area contributed by atoms with E-state index in [1.165, 1.54) is 12.8 Å². The number of hydrogen-bond acceptors (Lipinski definition) is 5. The highest BCUT2D eigenvalue weighted by Crippen LogP contribution is 2.34. The van der Waals surface area contributed by atoms with Crippen LogP contribution in [0.1, 0.15) is 36.0 Å². The molecule has 2 fully saturated rings. The minimum Gasteiger partial charge on any atom is -0.369 e. The van der Waals surface area contributed by atoms with Gasteiger partial charge in [0, 0.05) is 31.9 Å². The first-order chi connectivity index (χ1) is 14.1. The Balaban J connectivity index is 1.56. The van der Waals surface area contributed by atoms with E-state index in [9.17, 15) is 4.79 Å². The summed E-state index contributed by atoms with van der Waals surface area (Å²) >= 11 is 0. The number of amides is 1. The molecule has 29 heavy (non-hydrogen) atoms. The number of nitrogens with one attached hydrogen (secondary N) is 1. The molecule has 0 atom stereocenters. The number of fused-ring (bicyclic) bond motifs is 3. The Bertz CT molecular complexity index is 1050. The predicted molar refractivity (Wildman–Crippen MR) is 114 cm³/mol. The predicted octanol–water partition coefficient (Wildman–Crippen LogP) is 2.87. The fourth-order valence-corrected chi connectivity index (χ4v) is 4.41. The number of anilines is 1. The molecular formula is C22H28N6O. The van der Waals surface area contributed by atoms with E-state index in [-0.39, 0.29) is 5.91 Å². The standard InChI is InChI=1S/C22H28N6O/c1-26(2)16-8-11-27(12-9-16)22(29)18-17-5-3-4-10-28(17)21-19(18)20(24-14-25-21)23-13-15-6-7-15/h3-5,10,14-16H,6-9,11-13H2,1-2H3,(H,23,24,25). The maximum Gasteiger partial charge on any atom is 0.256 e. The third kappa shape index (κ3) is 3.33. The van der Waals surface area contributed by atoms with Gasteiger partial charge in [0.25, 0.3) is 5.91 Å². The molecule has 1 saturated heterocycles. The molecule has 1 aliphatic carbocycles. The molecule has 0 radical (unpaired) electrons. The summed E-state index contributed by atoms with van der Waals surface area (Å²) in [6.45, 7) is 2.47. The topological polar surface area (TPSA) is 65.8 Å². The van der Waals surface area contributed by atoms with Crippen molar-refractivity contribution < 1.29 is 4.79 Å². The van der Waals surface area contributed by atoms with Crippen molar-refractivity contribution in [1.82, 2.24) is 24.2 Å². The summed E-state index contributed by atoms with van der Waals surface area (Å²) in [5.41, 5.74) is 2.42. The minimum atomic E-state index is 0.0881. The third-order valence-electron chi connectivity index (χ3n) is 6.37. The number of nitrogens with zero attached hydrogens (tertiary/aromatic N) is 5. The molecule has 0 bridgehead atoms. The highest BCUT2D eigenvalue weighted by atomic mass is 16.2. The normalized spacial score (nSPS) is 18.1. The molecular weight excluding hydrogens is 364 g/mol. The number of aromatic nitrogens is 3. The van der Waals surface area contributed by atoms with E-state index in [0.29, 0.717) is 6.04 Å². The van der Waals surface area contributed by atoms with E-state index in [2.05, 4.69) is 34.3 Å². The Morgan fingerprint density at radius 1 is 1.17 bits per heavy atom. The summed E-state index contributed by atoms with van der Waals surface area (Å²) in [5, 5.41) is 4.34. The van der Waals surface area contributed by atoms with E-state index in [0.717, 1.165) is 66.3 Å². The van der Waals surface area contributed by atoms with Gasteiger partial charge in [-0.25, -0.2) is 9.97 Å². The van der Waals surface area contributed by atoms with Crippen molar-refractivity contribution in [1.29, 1.82) is 0 Å². The zero-order chi connectivity index (χ0) is 20.0. The molecule has 5 rings (SSSR count). The largest absolute Gasteiger partial charge is 0.369 e. The molecule has 2 aliphatic rings. The van der Waals surface area contributed by atoms with E-state index in [1.807, 2.05) is 33.7 Å². The van der Waals surface area contributed by atoms with Crippen LogP contribution in [-0.4, -0.2) is 69.8 Å². The average Bonchev–Trinajstić information content (AvgIpc) is 3.52. The maximum absolute atomic E-state index is 13.7. The second kappa shape index (κ2) is 7.30. The van der Waals surface area contributed by atoms with Crippen LogP contribution in [0.3, 0.4) is 0 Å². The number of pyridine rings is 1. The first kappa shape index (κ1) is 18.4. The average molecular weight is 393 g/mol. The van der Waals surface area contributed by atoms with Crippen LogP contribution >= 0.6 is 0 Å². The van der Waals surface area contributed by atoms with E-state index >= 15 is 0 Å². The van der Waals surface area contributed by atoms with Gasteiger partial charge in [-0.05, 0) is 57.8 Å². The summed E-state index contributed by atoms with van der Waals surface area (Å²) in [7, 11) is 4.23. The molecule has 152 valence electrons. The lowest BCUT2D eigenvalue weighted by Crippen LogP contribution is -2.44. The molecule has 7 nitrogen and oxygen atoms in total. The van der Waals surface area contributed by atoms with Gasteiger partial charge in [0.05, 0.1) is 16.5 Å². The smallest absolute Gasteiger partial charge is 0.256 e. The number of likely N-dealkylation sites (tertiary alicyclic amines) is 1. The van der Waals surface area contributed by atoms with E-state index in [1.54, 1.807) is 6.33 Å². The number of piperidine rings is 1. The molecule has 1 aliphatic heterocycles. The maximum atomic E-state index is 13.7. The quantitative estimate of drug-likeness (QED) is 0.723. The lowest BCUT2D eigenvalue weighted by molar-refractivity contribution is 0.0667. The van der Waals surface area contributed by atoms with E-state index in [4.69, 9.17) is 0 Å². The number of hydrogen-bond donors (Lipinski definition) is 1. The zero-order valence-corrected chi connectivity index (χ0v) is 17.1. The Labute approximate surface area is 170 Å². The van der Waals surface area contributed by atoms with Crippen molar-refractivity contribution in [2.75, 3.05) is 39.0 Å². The third-order valence-corrected chi connectivity index (χ3v) is 6.37. The van der Waals surface area contributed by atoms with Gasteiger partial charge in [-0.15, -0.1) is 0 Å². The van der Waals surface area contributed by atoms with Crippen molar-refractivity contribution in [3.63, 3.8) is 0 Å². The lowest BCUT2D eigenvalue weighted by Gasteiger charge is -2.35. The summed E-state index contributed by atoms with van der Waals surface area (Å²) in [5.74, 6) is 1.59. The second-order valence-electron chi connectivity index (χ2n) is 8.56. The van der Waals surface area contributed by atoms with Gasteiger partial charge >= 0.3 is 0 Å². The molecule has 1 N–H and O–H groups in total. The van der Waals surface area contributed by atoms with Crippen LogP contribution in [0.4, 0.5) is 5.82 Å². The Kier molecular flexibility index (Phi) is 4.62. The SMILES string of the molecule is CN(C)C1CCN(C(=O)c2c3c(NCC4CC4)ncnc3n3ccccc23)CC1. The summed E-state index contributed by atoms with van der Waals surface area (Å²) in [6, 6.07) is 6.50. The Morgan fingerprint density at radius 3 is 2.69 bits per heavy atom. The summed E-state index contributed by atoms with van der Waals surface area (Å²) in [6.07, 6.45) is 8.12. The molecule has 0 spiro atoms. The van der Waals surface area contributed by atoms with Gasteiger partial charge in [0.1, 0.15) is 12.1 Å². The minimum absolute atomic E-state index is 0.0881. The van der Waals surface area contributed by atoms with Gasteiger partial charge in [-0.3, -0.25) is 4.79 Å². The van der Waals surface area contributed by atoms with Crippen LogP contribution in [0.2, 0.25) is 0 Å². The van der Waals surface area contributed by atoms with Crippen molar-refractivity contribution in [2.24, 2.45) is 5.92 Å². The molecule has 4 heterocycles. The Hall–Kier alpha value is -2.67. The van der Waals surface area contributed by atoms with Gasteiger partial charge in [0.2, 0.25) is 0 Å². The highest BCUT2D eigenvalue weighted by Gasteiger charge is 2.30. The van der Waals surface area contributed by atoms with Crippen LogP contribution in [0.5, 0.6) is 0 Å². The van der Waals surface area contributed by atoms with Crippen molar-refractivity contribution in [2.45, 2.75) is 31.7 Å². The van der Waals surface area contributed by atoms with Crippen LogP contribution < -0.4 is 5.32 Å². The van der Waals surface area contributed by atoms with Gasteiger partial charge in [-0.1, -0.05) is 6.07 Å².